The molecule has 0 radical (unpaired) electrons. The summed E-state index contributed by atoms with van der Waals surface area (Å²) in [5.74, 6) is 0.669. The number of hydrogen-bond donors (Lipinski definition) is 2. The molecule has 2 N–H and O–H groups in total. The molecule has 1 amide bonds. The van der Waals surface area contributed by atoms with Crippen LogP contribution in [0.2, 0.25) is 0 Å². The van der Waals surface area contributed by atoms with E-state index >= 15 is 0 Å². The number of benzene rings is 1. The van der Waals surface area contributed by atoms with Gasteiger partial charge in [0.25, 0.3) is 0 Å². The van der Waals surface area contributed by atoms with Crippen LogP contribution >= 0.6 is 24.8 Å². The molecule has 0 aliphatic carbocycles. The maximum Gasteiger partial charge on any atom is 0.226 e. The number of likely N-dealkylation sites (N-methyl/N-ethyl adjacent to an activating group) is 1. The number of fused-ring (bicyclic) bond motifs is 1. The average Bonchev–Trinajstić information content (AvgIpc) is 2.93. The smallest absolute Gasteiger partial charge is 0.226 e. The summed E-state index contributed by atoms with van der Waals surface area (Å²) in [5, 5.41) is 6.04. The van der Waals surface area contributed by atoms with Gasteiger partial charge < -0.3 is 14.8 Å². The van der Waals surface area contributed by atoms with Crippen LogP contribution in [0, 0.1) is 0 Å². The molecule has 0 fully saturated rings. The van der Waals surface area contributed by atoms with E-state index in [4.69, 9.17) is 0 Å². The first-order valence-corrected chi connectivity index (χ1v) is 8.81. The predicted molar refractivity (Wildman–Crippen MR) is 114 cm³/mol. The Kier molecular flexibility index (Phi) is 12.3. The van der Waals surface area contributed by atoms with E-state index in [9.17, 15) is 4.79 Å². The van der Waals surface area contributed by atoms with Gasteiger partial charge in [0, 0.05) is 19.5 Å². The monoisotopic (exact) mass is 403 g/mol. The zero-order valence-corrected chi connectivity index (χ0v) is 17.5. The summed E-state index contributed by atoms with van der Waals surface area (Å²) in [7, 11) is 1.89. The molecular weight excluding hydrogens is 373 g/mol. The fourth-order valence-electron chi connectivity index (χ4n) is 2.79. The predicted octanol–water partition coefficient (Wildman–Crippen LogP) is 3.16. The fourth-order valence-corrected chi connectivity index (χ4v) is 2.79. The van der Waals surface area contributed by atoms with Crippen molar-refractivity contribution >= 4 is 47.7 Å². The van der Waals surface area contributed by atoms with Gasteiger partial charge in [-0.2, -0.15) is 0 Å². The van der Waals surface area contributed by atoms with E-state index in [1.807, 2.05) is 25.2 Å². The SMILES string of the molecule is CCN(CC)CCn1c(NC(=O)CCCNC)nc2ccccc21.Cl.Cl. The standard InChI is InChI=1S/C18H29N5O.2ClH/c1-4-22(5-2)13-14-23-16-10-7-6-9-15(16)20-18(23)21-17(24)11-8-12-19-3;;/h6-7,9-10,19H,4-5,8,11-14H2,1-3H3,(H,20,21,24);2*1H. The lowest BCUT2D eigenvalue weighted by Gasteiger charge is -2.19. The highest BCUT2D eigenvalue weighted by atomic mass is 35.5. The van der Waals surface area contributed by atoms with Gasteiger partial charge in [-0.3, -0.25) is 10.1 Å². The molecule has 0 bridgehead atoms. The molecule has 1 aromatic carbocycles. The van der Waals surface area contributed by atoms with E-state index in [1.54, 1.807) is 0 Å². The number of rotatable bonds is 10. The van der Waals surface area contributed by atoms with E-state index in [-0.39, 0.29) is 30.7 Å². The number of carbonyl (C=O) groups excluding carboxylic acids is 1. The summed E-state index contributed by atoms with van der Waals surface area (Å²) < 4.78 is 2.11. The number of aromatic nitrogens is 2. The van der Waals surface area contributed by atoms with Crippen LogP contribution in [0.3, 0.4) is 0 Å². The molecule has 2 aromatic rings. The van der Waals surface area contributed by atoms with Crippen molar-refractivity contribution in [3.8, 4) is 0 Å². The molecule has 1 heterocycles. The van der Waals surface area contributed by atoms with Crippen LogP contribution in [0.5, 0.6) is 0 Å². The first kappa shape index (κ1) is 24.7. The zero-order valence-electron chi connectivity index (χ0n) is 15.8. The second-order valence-electron chi connectivity index (χ2n) is 5.86. The molecule has 0 aliphatic heterocycles. The molecule has 148 valence electrons. The summed E-state index contributed by atoms with van der Waals surface area (Å²) in [6.07, 6.45) is 1.32. The quantitative estimate of drug-likeness (QED) is 0.598. The van der Waals surface area contributed by atoms with Crippen molar-refractivity contribution in [1.82, 2.24) is 19.8 Å². The average molecular weight is 404 g/mol. The Bertz CT molecular complexity index is 658. The minimum absolute atomic E-state index is 0. The largest absolute Gasteiger partial charge is 0.320 e. The van der Waals surface area contributed by atoms with Crippen LogP contribution in [-0.4, -0.2) is 53.6 Å². The lowest BCUT2D eigenvalue weighted by atomic mass is 10.3. The van der Waals surface area contributed by atoms with E-state index in [2.05, 4.69) is 45.0 Å². The molecule has 26 heavy (non-hydrogen) atoms. The highest BCUT2D eigenvalue weighted by Gasteiger charge is 2.13. The Balaban J connectivity index is 0.00000312. The van der Waals surface area contributed by atoms with E-state index in [1.165, 1.54) is 0 Å². The molecule has 8 heteroatoms. The van der Waals surface area contributed by atoms with Gasteiger partial charge in [-0.25, -0.2) is 4.98 Å². The molecule has 1 aromatic heterocycles. The van der Waals surface area contributed by atoms with Crippen LogP contribution in [0.15, 0.2) is 24.3 Å². The number of halogens is 2. The molecule has 0 unspecified atom stereocenters. The van der Waals surface area contributed by atoms with Crippen LogP contribution < -0.4 is 10.6 Å². The van der Waals surface area contributed by atoms with Gasteiger partial charge in [-0.15, -0.1) is 24.8 Å². The summed E-state index contributed by atoms with van der Waals surface area (Å²) in [5.41, 5.74) is 1.98. The number of anilines is 1. The van der Waals surface area contributed by atoms with Crippen molar-refractivity contribution in [3.05, 3.63) is 24.3 Å². The minimum atomic E-state index is 0. The summed E-state index contributed by atoms with van der Waals surface area (Å²) >= 11 is 0. The second-order valence-corrected chi connectivity index (χ2v) is 5.86. The van der Waals surface area contributed by atoms with Gasteiger partial charge >= 0.3 is 0 Å². The highest BCUT2D eigenvalue weighted by Crippen LogP contribution is 2.19. The Morgan fingerprint density at radius 3 is 2.54 bits per heavy atom. The second kappa shape index (κ2) is 12.9. The van der Waals surface area contributed by atoms with E-state index in [0.29, 0.717) is 12.4 Å². The van der Waals surface area contributed by atoms with Gasteiger partial charge in [0.15, 0.2) is 0 Å². The van der Waals surface area contributed by atoms with Crippen LogP contribution in [0.4, 0.5) is 5.95 Å². The number of hydrogen-bond acceptors (Lipinski definition) is 4. The topological polar surface area (TPSA) is 62.2 Å². The maximum atomic E-state index is 12.2. The Labute approximate surface area is 168 Å². The molecule has 0 aliphatic rings. The van der Waals surface area contributed by atoms with Crippen LogP contribution in [0.25, 0.3) is 11.0 Å². The first-order valence-electron chi connectivity index (χ1n) is 8.81. The lowest BCUT2D eigenvalue weighted by molar-refractivity contribution is -0.116. The lowest BCUT2D eigenvalue weighted by Crippen LogP contribution is -2.27. The molecule has 0 saturated heterocycles. The molecule has 0 atom stereocenters. The molecule has 2 rings (SSSR count). The number of para-hydroxylation sites is 2. The number of nitrogens with zero attached hydrogens (tertiary/aromatic N) is 3. The van der Waals surface area contributed by atoms with Gasteiger partial charge in [-0.05, 0) is 45.2 Å². The zero-order chi connectivity index (χ0) is 17.4. The van der Waals surface area contributed by atoms with Crippen LogP contribution in [0.1, 0.15) is 26.7 Å². The van der Waals surface area contributed by atoms with Gasteiger partial charge in [-0.1, -0.05) is 26.0 Å². The third kappa shape index (κ3) is 6.76. The Hall–Kier alpha value is -1.34. The molecule has 6 nitrogen and oxygen atoms in total. The van der Waals surface area contributed by atoms with Gasteiger partial charge in [0.05, 0.1) is 11.0 Å². The normalized spacial score (nSPS) is 10.5. The summed E-state index contributed by atoms with van der Waals surface area (Å²) in [4.78, 5) is 19.1. The minimum Gasteiger partial charge on any atom is -0.320 e. The number of carbonyl (C=O) groups is 1. The molecular formula is C18H31Cl2N5O. The number of imidazole rings is 1. The molecule has 0 spiro atoms. The van der Waals surface area contributed by atoms with Crippen molar-refractivity contribution in [2.24, 2.45) is 0 Å². The third-order valence-electron chi connectivity index (χ3n) is 4.27. The van der Waals surface area contributed by atoms with Crippen LogP contribution in [-0.2, 0) is 11.3 Å². The molecule has 0 saturated carbocycles. The van der Waals surface area contributed by atoms with Crippen molar-refractivity contribution < 1.29 is 4.79 Å². The number of nitrogens with one attached hydrogen (secondary N) is 2. The highest BCUT2D eigenvalue weighted by molar-refractivity contribution is 5.91. The fraction of sp³-hybridized carbons (Fsp3) is 0.556. The van der Waals surface area contributed by atoms with Crippen molar-refractivity contribution in [1.29, 1.82) is 0 Å². The van der Waals surface area contributed by atoms with Crippen molar-refractivity contribution in [2.75, 3.05) is 38.5 Å². The summed E-state index contributed by atoms with van der Waals surface area (Å²) in [6, 6.07) is 8.03. The Morgan fingerprint density at radius 1 is 1.19 bits per heavy atom. The summed E-state index contributed by atoms with van der Waals surface area (Å²) in [6.45, 7) is 8.97. The first-order chi connectivity index (χ1) is 11.7. The maximum absolute atomic E-state index is 12.2. The van der Waals surface area contributed by atoms with Gasteiger partial charge in [0.2, 0.25) is 11.9 Å². The van der Waals surface area contributed by atoms with Crippen molar-refractivity contribution in [3.63, 3.8) is 0 Å². The Morgan fingerprint density at radius 2 is 1.88 bits per heavy atom. The third-order valence-corrected chi connectivity index (χ3v) is 4.27. The van der Waals surface area contributed by atoms with Crippen molar-refractivity contribution in [2.45, 2.75) is 33.2 Å². The van der Waals surface area contributed by atoms with E-state index in [0.717, 1.165) is 50.2 Å². The van der Waals surface area contributed by atoms with Gasteiger partial charge in [0.1, 0.15) is 0 Å². The number of amides is 1. The van der Waals surface area contributed by atoms with E-state index < -0.39 is 0 Å².